The quantitative estimate of drug-likeness (QED) is 0.314. The van der Waals surface area contributed by atoms with Crippen molar-refractivity contribution in [3.63, 3.8) is 0 Å². The zero-order chi connectivity index (χ0) is 14.1. The molecule has 0 spiro atoms. The van der Waals surface area contributed by atoms with Gasteiger partial charge < -0.3 is 10.6 Å². The molecule has 1 aromatic heterocycles. The first-order chi connectivity index (χ1) is 9.11. The van der Waals surface area contributed by atoms with Crippen molar-refractivity contribution in [1.29, 1.82) is 0 Å². The van der Waals surface area contributed by atoms with E-state index in [1.54, 1.807) is 11.3 Å². The Kier molecular flexibility index (Phi) is 11.1. The van der Waals surface area contributed by atoms with Gasteiger partial charge in [-0.2, -0.15) is 0 Å². The average Bonchev–Trinajstić information content (AvgIpc) is 2.77. The first-order valence-electron chi connectivity index (χ1n) is 6.97. The summed E-state index contributed by atoms with van der Waals surface area (Å²) in [6, 6.07) is 0. The SMILES string of the molecule is CN=C(NCCCc1nc(C)cs1)NCCC(C)C.I. The molecule has 1 aromatic rings. The Balaban J connectivity index is 0.00000361. The fraction of sp³-hybridized carbons (Fsp3) is 0.714. The molecule has 20 heavy (non-hydrogen) atoms. The first kappa shape index (κ1) is 19.6. The normalized spacial score (nSPS) is 11.3. The number of guanidine groups is 1. The topological polar surface area (TPSA) is 49.3 Å². The summed E-state index contributed by atoms with van der Waals surface area (Å²) < 4.78 is 0. The van der Waals surface area contributed by atoms with Crippen LogP contribution in [-0.4, -0.2) is 31.1 Å². The second-order valence-corrected chi connectivity index (χ2v) is 6.04. The molecule has 0 aromatic carbocycles. The summed E-state index contributed by atoms with van der Waals surface area (Å²) in [6.45, 7) is 8.41. The fourth-order valence-corrected chi connectivity index (χ4v) is 2.48. The summed E-state index contributed by atoms with van der Waals surface area (Å²) in [5.41, 5.74) is 1.12. The molecule has 4 nitrogen and oxygen atoms in total. The predicted octanol–water partition coefficient (Wildman–Crippen LogP) is 3.21. The van der Waals surface area contributed by atoms with Gasteiger partial charge in [-0.3, -0.25) is 4.99 Å². The van der Waals surface area contributed by atoms with Crippen molar-refractivity contribution >= 4 is 41.3 Å². The van der Waals surface area contributed by atoms with Crippen molar-refractivity contribution in [2.75, 3.05) is 20.1 Å². The molecule has 2 N–H and O–H groups in total. The zero-order valence-corrected chi connectivity index (χ0v) is 16.0. The molecule has 0 aliphatic heterocycles. The van der Waals surface area contributed by atoms with Gasteiger partial charge >= 0.3 is 0 Å². The number of aryl methyl sites for hydroxylation is 2. The molecular formula is C14H27IN4S. The Morgan fingerprint density at radius 2 is 2.05 bits per heavy atom. The molecule has 0 aliphatic carbocycles. The van der Waals surface area contributed by atoms with Crippen molar-refractivity contribution in [2.45, 2.75) is 40.0 Å². The molecule has 1 rings (SSSR count). The van der Waals surface area contributed by atoms with E-state index in [-0.39, 0.29) is 24.0 Å². The Morgan fingerprint density at radius 3 is 2.60 bits per heavy atom. The van der Waals surface area contributed by atoms with Gasteiger partial charge in [0.1, 0.15) is 0 Å². The maximum atomic E-state index is 4.46. The van der Waals surface area contributed by atoms with E-state index in [4.69, 9.17) is 0 Å². The van der Waals surface area contributed by atoms with E-state index in [0.29, 0.717) is 0 Å². The molecule has 0 saturated carbocycles. The van der Waals surface area contributed by atoms with Crippen molar-refractivity contribution in [3.8, 4) is 0 Å². The van der Waals surface area contributed by atoms with Gasteiger partial charge in [0.15, 0.2) is 5.96 Å². The molecule has 116 valence electrons. The third-order valence-corrected chi connectivity index (χ3v) is 3.79. The summed E-state index contributed by atoms with van der Waals surface area (Å²) in [7, 11) is 1.81. The van der Waals surface area contributed by atoms with Gasteiger partial charge in [-0.1, -0.05) is 13.8 Å². The van der Waals surface area contributed by atoms with E-state index in [2.05, 4.69) is 39.8 Å². The highest BCUT2D eigenvalue weighted by Crippen LogP contribution is 2.10. The van der Waals surface area contributed by atoms with Crippen LogP contribution >= 0.6 is 35.3 Å². The van der Waals surface area contributed by atoms with Crippen molar-refractivity contribution in [1.82, 2.24) is 15.6 Å². The van der Waals surface area contributed by atoms with Gasteiger partial charge in [0.05, 0.1) is 5.01 Å². The third-order valence-electron chi connectivity index (χ3n) is 2.76. The third kappa shape index (κ3) is 8.73. The largest absolute Gasteiger partial charge is 0.356 e. The second kappa shape index (κ2) is 11.3. The van der Waals surface area contributed by atoms with Crippen molar-refractivity contribution in [3.05, 3.63) is 16.1 Å². The summed E-state index contributed by atoms with van der Waals surface area (Å²) in [5, 5.41) is 10.00. The number of aliphatic imine (C=N–C) groups is 1. The Labute approximate surface area is 143 Å². The smallest absolute Gasteiger partial charge is 0.190 e. The van der Waals surface area contributed by atoms with Crippen LogP contribution in [0.4, 0.5) is 0 Å². The average molecular weight is 410 g/mol. The number of thiazole rings is 1. The molecule has 6 heteroatoms. The van der Waals surface area contributed by atoms with Crippen LogP contribution in [-0.2, 0) is 6.42 Å². The van der Waals surface area contributed by atoms with Gasteiger partial charge in [0, 0.05) is 37.6 Å². The lowest BCUT2D eigenvalue weighted by atomic mass is 10.1. The van der Waals surface area contributed by atoms with Crippen LogP contribution in [0.1, 0.15) is 37.4 Å². The number of halogens is 1. The molecule has 0 bridgehead atoms. The standard InChI is InChI=1S/C14H26N4S.HI/c1-11(2)7-9-17-14(15-4)16-8-5-6-13-18-12(3)10-19-13;/h10-11H,5-9H2,1-4H3,(H2,15,16,17);1H. The molecule has 0 atom stereocenters. The highest BCUT2D eigenvalue weighted by atomic mass is 127. The molecule has 0 radical (unpaired) electrons. The van der Waals surface area contributed by atoms with E-state index in [1.807, 2.05) is 14.0 Å². The predicted molar refractivity (Wildman–Crippen MR) is 99.4 cm³/mol. The highest BCUT2D eigenvalue weighted by molar-refractivity contribution is 14.0. The number of nitrogens with zero attached hydrogens (tertiary/aromatic N) is 2. The van der Waals surface area contributed by atoms with E-state index in [9.17, 15) is 0 Å². The maximum absolute atomic E-state index is 4.46. The fourth-order valence-electron chi connectivity index (χ4n) is 1.66. The minimum absolute atomic E-state index is 0. The number of rotatable bonds is 7. The lowest BCUT2D eigenvalue weighted by molar-refractivity contribution is 0.573. The van der Waals surface area contributed by atoms with Gasteiger partial charge in [0.2, 0.25) is 0 Å². The van der Waals surface area contributed by atoms with E-state index < -0.39 is 0 Å². The van der Waals surface area contributed by atoms with Crippen LogP contribution in [0.5, 0.6) is 0 Å². The molecule has 0 aliphatic rings. The van der Waals surface area contributed by atoms with Crippen LogP contribution < -0.4 is 10.6 Å². The molecule has 1 heterocycles. The molecular weight excluding hydrogens is 383 g/mol. The highest BCUT2D eigenvalue weighted by Gasteiger charge is 2.00. The number of hydrogen-bond donors (Lipinski definition) is 2. The van der Waals surface area contributed by atoms with Gasteiger partial charge in [-0.05, 0) is 25.7 Å². The first-order valence-corrected chi connectivity index (χ1v) is 7.85. The number of hydrogen-bond acceptors (Lipinski definition) is 3. The summed E-state index contributed by atoms with van der Waals surface area (Å²) in [5.74, 6) is 1.62. The maximum Gasteiger partial charge on any atom is 0.190 e. The number of nitrogens with one attached hydrogen (secondary N) is 2. The summed E-state index contributed by atoms with van der Waals surface area (Å²) in [6.07, 6.45) is 3.28. The minimum atomic E-state index is 0. The zero-order valence-electron chi connectivity index (χ0n) is 12.9. The molecule has 0 amide bonds. The lowest BCUT2D eigenvalue weighted by Crippen LogP contribution is -2.38. The van der Waals surface area contributed by atoms with Crippen LogP contribution in [0.15, 0.2) is 10.4 Å². The Bertz CT molecular complexity index is 390. The van der Waals surface area contributed by atoms with Crippen LogP contribution in [0.25, 0.3) is 0 Å². The monoisotopic (exact) mass is 410 g/mol. The van der Waals surface area contributed by atoms with Crippen molar-refractivity contribution < 1.29 is 0 Å². The lowest BCUT2D eigenvalue weighted by Gasteiger charge is -2.12. The van der Waals surface area contributed by atoms with E-state index in [0.717, 1.165) is 43.5 Å². The van der Waals surface area contributed by atoms with E-state index in [1.165, 1.54) is 11.4 Å². The second-order valence-electron chi connectivity index (χ2n) is 5.09. The van der Waals surface area contributed by atoms with Gasteiger partial charge in [-0.25, -0.2) is 4.98 Å². The summed E-state index contributed by atoms with van der Waals surface area (Å²) in [4.78, 5) is 8.68. The van der Waals surface area contributed by atoms with Gasteiger partial charge in [-0.15, -0.1) is 35.3 Å². The van der Waals surface area contributed by atoms with Crippen LogP contribution in [0, 0.1) is 12.8 Å². The molecule has 0 saturated heterocycles. The van der Waals surface area contributed by atoms with Crippen LogP contribution in [0.2, 0.25) is 0 Å². The van der Waals surface area contributed by atoms with Crippen LogP contribution in [0.3, 0.4) is 0 Å². The number of aromatic nitrogens is 1. The van der Waals surface area contributed by atoms with Gasteiger partial charge in [0.25, 0.3) is 0 Å². The Hall–Kier alpha value is -0.370. The van der Waals surface area contributed by atoms with Crippen molar-refractivity contribution in [2.24, 2.45) is 10.9 Å². The van der Waals surface area contributed by atoms with E-state index >= 15 is 0 Å². The minimum Gasteiger partial charge on any atom is -0.356 e. The summed E-state index contributed by atoms with van der Waals surface area (Å²) >= 11 is 1.75. The molecule has 0 fully saturated rings. The molecule has 0 unspecified atom stereocenters. The Morgan fingerprint density at radius 1 is 1.35 bits per heavy atom.